The van der Waals surface area contributed by atoms with Crippen LogP contribution in [-0.4, -0.2) is 32.8 Å². The van der Waals surface area contributed by atoms with E-state index in [-0.39, 0.29) is 6.42 Å². The first kappa shape index (κ1) is 20.3. The van der Waals surface area contributed by atoms with Crippen LogP contribution in [-0.2, 0) is 22.6 Å². The van der Waals surface area contributed by atoms with Gasteiger partial charge in [-0.15, -0.1) is 0 Å². The smallest absolute Gasteiger partial charge is 0.326 e. The summed E-state index contributed by atoms with van der Waals surface area (Å²) in [5.41, 5.74) is 1.35. The molecule has 3 aromatic rings. The number of nitrogens with one attached hydrogen (secondary N) is 1. The first-order valence-electron chi connectivity index (χ1n) is 8.83. The summed E-state index contributed by atoms with van der Waals surface area (Å²) >= 11 is 6.17. The van der Waals surface area contributed by atoms with Crippen LogP contribution < -0.4 is 10.9 Å². The predicted octanol–water partition coefficient (Wildman–Crippen LogP) is 2.38. The predicted molar refractivity (Wildman–Crippen MR) is 109 cm³/mol. The lowest BCUT2D eigenvalue weighted by molar-refractivity contribution is -0.141. The zero-order valence-electron chi connectivity index (χ0n) is 15.3. The first-order chi connectivity index (χ1) is 13.9. The molecule has 8 heteroatoms. The summed E-state index contributed by atoms with van der Waals surface area (Å²) in [6, 6.07) is 17.7. The Balaban J connectivity index is 1.76. The van der Waals surface area contributed by atoms with E-state index in [4.69, 9.17) is 11.6 Å². The summed E-state index contributed by atoms with van der Waals surface area (Å²) in [5.74, 6) is -1.79. The maximum atomic E-state index is 12.4. The van der Waals surface area contributed by atoms with Crippen molar-refractivity contribution in [2.24, 2.45) is 0 Å². The van der Waals surface area contributed by atoms with Crippen LogP contribution in [0, 0.1) is 0 Å². The normalized spacial score (nSPS) is 11.6. The second-order valence-electron chi connectivity index (χ2n) is 6.34. The van der Waals surface area contributed by atoms with Gasteiger partial charge in [-0.05, 0) is 17.7 Å². The summed E-state index contributed by atoms with van der Waals surface area (Å²) < 4.78 is 0.982. The number of rotatable bonds is 7. The molecule has 1 aromatic heterocycles. The van der Waals surface area contributed by atoms with Crippen LogP contribution in [0.1, 0.15) is 5.56 Å². The van der Waals surface area contributed by atoms with Crippen LogP contribution in [0.15, 0.2) is 71.5 Å². The molecule has 1 amide bonds. The highest BCUT2D eigenvalue weighted by Gasteiger charge is 2.21. The van der Waals surface area contributed by atoms with Gasteiger partial charge in [-0.3, -0.25) is 9.59 Å². The minimum atomic E-state index is -1.16. The van der Waals surface area contributed by atoms with Gasteiger partial charge in [-0.1, -0.05) is 60.1 Å². The second kappa shape index (κ2) is 9.16. The number of carboxylic acids is 1. The van der Waals surface area contributed by atoms with E-state index in [0.717, 1.165) is 10.2 Å². The van der Waals surface area contributed by atoms with Crippen molar-refractivity contribution in [3.8, 4) is 11.3 Å². The van der Waals surface area contributed by atoms with Crippen molar-refractivity contribution >= 4 is 23.5 Å². The van der Waals surface area contributed by atoms with E-state index in [0.29, 0.717) is 16.3 Å². The molecule has 1 heterocycles. The molecule has 2 aromatic carbocycles. The van der Waals surface area contributed by atoms with Gasteiger partial charge >= 0.3 is 5.97 Å². The van der Waals surface area contributed by atoms with Gasteiger partial charge in [0.15, 0.2) is 0 Å². The third-order valence-corrected chi connectivity index (χ3v) is 4.56. The Bertz CT molecular complexity index is 1080. The van der Waals surface area contributed by atoms with Crippen LogP contribution in [0.4, 0.5) is 0 Å². The molecule has 0 spiro atoms. The fourth-order valence-corrected chi connectivity index (χ4v) is 3.03. The zero-order chi connectivity index (χ0) is 20.8. The summed E-state index contributed by atoms with van der Waals surface area (Å²) in [6.07, 6.45) is 0.129. The monoisotopic (exact) mass is 411 g/mol. The molecule has 0 saturated heterocycles. The number of nitrogens with zero attached hydrogens (tertiary/aromatic N) is 2. The second-order valence-corrected chi connectivity index (χ2v) is 6.75. The van der Waals surface area contributed by atoms with Crippen molar-refractivity contribution in [1.29, 1.82) is 0 Å². The molecule has 0 fully saturated rings. The number of aromatic nitrogens is 2. The van der Waals surface area contributed by atoms with Crippen LogP contribution in [0.25, 0.3) is 11.3 Å². The number of carboxylic acid groups (broad SMARTS) is 1. The average Bonchev–Trinajstić information content (AvgIpc) is 2.70. The van der Waals surface area contributed by atoms with E-state index in [2.05, 4.69) is 10.4 Å². The van der Waals surface area contributed by atoms with Crippen LogP contribution in [0.5, 0.6) is 0 Å². The standard InChI is InChI=1S/C21H18ClN3O4/c22-16-9-5-4-8-15(16)17-10-11-20(27)25(24-17)13-19(26)23-18(21(28)29)12-14-6-2-1-3-7-14/h1-11,18H,12-13H2,(H,23,26)(H,28,29)/t18-/m0/s1. The molecule has 0 aliphatic rings. The Morgan fingerprint density at radius 1 is 1.03 bits per heavy atom. The number of hydrogen-bond donors (Lipinski definition) is 2. The molecule has 0 saturated carbocycles. The lowest BCUT2D eigenvalue weighted by Crippen LogP contribution is -2.44. The highest BCUT2D eigenvalue weighted by Crippen LogP contribution is 2.24. The van der Waals surface area contributed by atoms with Crippen LogP contribution in [0.3, 0.4) is 0 Å². The maximum absolute atomic E-state index is 12.4. The largest absolute Gasteiger partial charge is 0.480 e. The maximum Gasteiger partial charge on any atom is 0.326 e. The van der Waals surface area contributed by atoms with Gasteiger partial charge in [0.25, 0.3) is 5.56 Å². The molecule has 0 radical (unpaired) electrons. The lowest BCUT2D eigenvalue weighted by atomic mass is 10.1. The summed E-state index contributed by atoms with van der Waals surface area (Å²) in [4.78, 5) is 36.0. The number of benzene rings is 2. The van der Waals surface area contributed by atoms with Crippen molar-refractivity contribution < 1.29 is 14.7 Å². The molecular formula is C21H18ClN3O4. The molecule has 0 aliphatic heterocycles. The minimum Gasteiger partial charge on any atom is -0.480 e. The molecule has 0 unspecified atom stereocenters. The number of aliphatic carboxylic acids is 1. The van der Waals surface area contributed by atoms with Crippen molar-refractivity contribution in [2.75, 3.05) is 0 Å². The van der Waals surface area contributed by atoms with E-state index in [1.54, 1.807) is 48.5 Å². The molecular weight excluding hydrogens is 394 g/mol. The molecule has 148 valence electrons. The van der Waals surface area contributed by atoms with E-state index in [1.165, 1.54) is 12.1 Å². The van der Waals surface area contributed by atoms with Crippen molar-refractivity contribution in [3.05, 3.63) is 87.7 Å². The first-order valence-corrected chi connectivity index (χ1v) is 9.21. The molecule has 3 rings (SSSR count). The molecule has 29 heavy (non-hydrogen) atoms. The molecule has 2 N–H and O–H groups in total. The fourth-order valence-electron chi connectivity index (χ4n) is 2.80. The molecule has 7 nitrogen and oxygen atoms in total. The zero-order valence-corrected chi connectivity index (χ0v) is 16.0. The van der Waals surface area contributed by atoms with E-state index in [9.17, 15) is 19.5 Å². The number of amides is 1. The van der Waals surface area contributed by atoms with Crippen molar-refractivity contribution in [3.63, 3.8) is 0 Å². The topological polar surface area (TPSA) is 101 Å². The average molecular weight is 412 g/mol. The quantitative estimate of drug-likeness (QED) is 0.621. The van der Waals surface area contributed by atoms with Gasteiger partial charge in [0.05, 0.1) is 10.7 Å². The van der Waals surface area contributed by atoms with E-state index < -0.39 is 30.0 Å². The number of carbonyl (C=O) groups excluding carboxylic acids is 1. The Morgan fingerprint density at radius 3 is 2.41 bits per heavy atom. The Hall–Kier alpha value is -3.45. The summed E-state index contributed by atoms with van der Waals surface area (Å²) in [5, 5.41) is 16.5. The Morgan fingerprint density at radius 2 is 1.72 bits per heavy atom. The third kappa shape index (κ3) is 5.30. The molecule has 0 bridgehead atoms. The number of hydrogen-bond acceptors (Lipinski definition) is 4. The SMILES string of the molecule is O=C(Cn1nc(-c2ccccc2Cl)ccc1=O)N[C@@H](Cc1ccccc1)C(=O)O. The van der Waals surface area contributed by atoms with Gasteiger partial charge < -0.3 is 10.4 Å². The summed E-state index contributed by atoms with van der Waals surface area (Å²) in [7, 11) is 0. The molecule has 1 atom stereocenters. The van der Waals surface area contributed by atoms with Crippen molar-refractivity contribution in [2.45, 2.75) is 19.0 Å². The minimum absolute atomic E-state index is 0.129. The highest BCUT2D eigenvalue weighted by molar-refractivity contribution is 6.33. The van der Waals surface area contributed by atoms with Crippen LogP contribution in [0.2, 0.25) is 5.02 Å². The van der Waals surface area contributed by atoms with E-state index in [1.807, 2.05) is 6.07 Å². The van der Waals surface area contributed by atoms with Gasteiger partial charge in [-0.25, -0.2) is 9.48 Å². The Kier molecular flexibility index (Phi) is 6.41. The van der Waals surface area contributed by atoms with Gasteiger partial charge in [-0.2, -0.15) is 5.10 Å². The molecule has 0 aliphatic carbocycles. The van der Waals surface area contributed by atoms with Gasteiger partial charge in [0.2, 0.25) is 5.91 Å². The van der Waals surface area contributed by atoms with Gasteiger partial charge in [0, 0.05) is 18.1 Å². The number of carbonyl (C=O) groups is 2. The van der Waals surface area contributed by atoms with Crippen molar-refractivity contribution in [1.82, 2.24) is 15.1 Å². The Labute approximate surface area is 171 Å². The highest BCUT2D eigenvalue weighted by atomic mass is 35.5. The van der Waals surface area contributed by atoms with Crippen LogP contribution >= 0.6 is 11.6 Å². The van der Waals surface area contributed by atoms with Gasteiger partial charge in [0.1, 0.15) is 12.6 Å². The summed E-state index contributed by atoms with van der Waals surface area (Å²) in [6.45, 7) is -0.407. The fraction of sp³-hybridized carbons (Fsp3) is 0.143. The third-order valence-electron chi connectivity index (χ3n) is 4.23. The lowest BCUT2D eigenvalue weighted by Gasteiger charge is -2.15. The van der Waals surface area contributed by atoms with E-state index >= 15 is 0 Å². The number of halogens is 1.